The summed E-state index contributed by atoms with van der Waals surface area (Å²) < 4.78 is 0. The highest BCUT2D eigenvalue weighted by molar-refractivity contribution is 7.99. The monoisotopic (exact) mass is 486 g/mol. The van der Waals surface area contributed by atoms with Gasteiger partial charge in [0.1, 0.15) is 6.04 Å². The standard InChI is InChI=1S/C22H25Cl3N2O2S/c1-3-20(22(29)26-4-2)27(12-15-7-5-6-8-18(15)24)21(28)14-30-13-16-9-10-17(23)11-19(16)25/h5-11,20H,3-4,12-14H2,1-2H3,(H,26,29). The van der Waals surface area contributed by atoms with E-state index >= 15 is 0 Å². The van der Waals surface area contributed by atoms with Crippen LogP contribution in [0.25, 0.3) is 0 Å². The van der Waals surface area contributed by atoms with Gasteiger partial charge in [0, 0.05) is 33.9 Å². The molecular formula is C22H25Cl3N2O2S. The van der Waals surface area contributed by atoms with Gasteiger partial charge in [-0.3, -0.25) is 9.59 Å². The number of thioether (sulfide) groups is 1. The molecule has 0 bridgehead atoms. The Balaban J connectivity index is 2.14. The highest BCUT2D eigenvalue weighted by Gasteiger charge is 2.28. The van der Waals surface area contributed by atoms with Crippen molar-refractivity contribution < 1.29 is 9.59 Å². The lowest BCUT2D eigenvalue weighted by molar-refractivity contribution is -0.139. The van der Waals surface area contributed by atoms with Gasteiger partial charge in [0.2, 0.25) is 11.8 Å². The Morgan fingerprint density at radius 3 is 2.40 bits per heavy atom. The third-order valence-corrected chi connectivity index (χ3v) is 6.46. The fourth-order valence-electron chi connectivity index (χ4n) is 2.99. The van der Waals surface area contributed by atoms with E-state index in [1.54, 1.807) is 23.1 Å². The van der Waals surface area contributed by atoms with Crippen LogP contribution in [-0.2, 0) is 21.9 Å². The van der Waals surface area contributed by atoms with Crippen LogP contribution in [0.4, 0.5) is 0 Å². The second-order valence-electron chi connectivity index (χ2n) is 6.66. The molecule has 2 amide bonds. The number of halogens is 3. The Morgan fingerprint density at radius 2 is 1.77 bits per heavy atom. The Bertz CT molecular complexity index is 879. The van der Waals surface area contributed by atoms with Crippen LogP contribution in [0, 0.1) is 0 Å². The maximum absolute atomic E-state index is 13.1. The molecule has 0 aliphatic heterocycles. The third-order valence-electron chi connectivity index (χ3n) is 4.53. The molecule has 2 aromatic carbocycles. The van der Waals surface area contributed by atoms with Gasteiger partial charge < -0.3 is 10.2 Å². The first-order valence-corrected chi connectivity index (χ1v) is 12.0. The van der Waals surface area contributed by atoms with E-state index in [2.05, 4.69) is 5.32 Å². The zero-order valence-electron chi connectivity index (χ0n) is 17.0. The first kappa shape index (κ1) is 24.9. The second kappa shape index (κ2) is 12.5. The second-order valence-corrected chi connectivity index (χ2v) is 8.90. The van der Waals surface area contributed by atoms with Gasteiger partial charge in [0.05, 0.1) is 5.75 Å². The number of carbonyl (C=O) groups excluding carboxylic acids is 2. The summed E-state index contributed by atoms with van der Waals surface area (Å²) in [5.74, 6) is 0.508. The fourth-order valence-corrected chi connectivity index (χ4v) is 4.66. The van der Waals surface area contributed by atoms with E-state index in [1.807, 2.05) is 38.1 Å². The minimum atomic E-state index is -0.562. The Kier molecular flexibility index (Phi) is 10.3. The molecule has 0 aliphatic carbocycles. The molecule has 162 valence electrons. The van der Waals surface area contributed by atoms with Gasteiger partial charge in [0.15, 0.2) is 0 Å². The predicted octanol–water partition coefficient (Wildman–Crippen LogP) is 5.82. The summed E-state index contributed by atoms with van der Waals surface area (Å²) in [5, 5.41) is 4.54. The number of nitrogens with zero attached hydrogens (tertiary/aromatic N) is 1. The number of hydrogen-bond donors (Lipinski definition) is 1. The summed E-state index contributed by atoms with van der Waals surface area (Å²) in [6.07, 6.45) is 0.510. The normalized spacial score (nSPS) is 11.8. The third kappa shape index (κ3) is 7.09. The molecule has 1 N–H and O–H groups in total. The van der Waals surface area contributed by atoms with Crippen molar-refractivity contribution in [3.8, 4) is 0 Å². The zero-order valence-corrected chi connectivity index (χ0v) is 20.0. The Labute approximate surface area is 197 Å². The first-order valence-electron chi connectivity index (χ1n) is 9.69. The van der Waals surface area contributed by atoms with Gasteiger partial charge in [-0.25, -0.2) is 0 Å². The van der Waals surface area contributed by atoms with Gasteiger partial charge in [-0.1, -0.05) is 66.0 Å². The molecule has 2 rings (SSSR count). The van der Waals surface area contributed by atoms with Crippen LogP contribution >= 0.6 is 46.6 Å². The maximum Gasteiger partial charge on any atom is 0.242 e. The van der Waals surface area contributed by atoms with Crippen molar-refractivity contribution in [1.29, 1.82) is 0 Å². The largest absolute Gasteiger partial charge is 0.355 e. The molecule has 30 heavy (non-hydrogen) atoms. The van der Waals surface area contributed by atoms with E-state index in [4.69, 9.17) is 34.8 Å². The molecule has 0 saturated carbocycles. The summed E-state index contributed by atoms with van der Waals surface area (Å²) in [4.78, 5) is 27.3. The van der Waals surface area contributed by atoms with Crippen molar-refractivity contribution in [2.45, 2.75) is 38.6 Å². The van der Waals surface area contributed by atoms with E-state index in [-0.39, 0.29) is 24.1 Å². The molecule has 4 nitrogen and oxygen atoms in total. The maximum atomic E-state index is 13.1. The number of nitrogens with one attached hydrogen (secondary N) is 1. The van der Waals surface area contributed by atoms with Crippen molar-refractivity contribution >= 4 is 58.4 Å². The summed E-state index contributed by atoms with van der Waals surface area (Å²) >= 11 is 19.9. The number of amides is 2. The van der Waals surface area contributed by atoms with E-state index in [0.29, 0.717) is 33.8 Å². The van der Waals surface area contributed by atoms with Crippen molar-refractivity contribution in [3.63, 3.8) is 0 Å². The molecule has 1 atom stereocenters. The number of hydrogen-bond acceptors (Lipinski definition) is 3. The molecule has 0 radical (unpaired) electrons. The zero-order chi connectivity index (χ0) is 22.1. The van der Waals surface area contributed by atoms with Crippen LogP contribution in [0.15, 0.2) is 42.5 Å². The van der Waals surface area contributed by atoms with Crippen LogP contribution in [0.1, 0.15) is 31.4 Å². The van der Waals surface area contributed by atoms with Gasteiger partial charge in [0.25, 0.3) is 0 Å². The highest BCUT2D eigenvalue weighted by Crippen LogP contribution is 2.26. The van der Waals surface area contributed by atoms with Crippen molar-refractivity contribution in [3.05, 3.63) is 68.7 Å². The minimum absolute atomic E-state index is 0.122. The van der Waals surface area contributed by atoms with E-state index < -0.39 is 6.04 Å². The lowest BCUT2D eigenvalue weighted by atomic mass is 10.1. The summed E-state index contributed by atoms with van der Waals surface area (Å²) in [6, 6.07) is 12.1. The molecule has 1 unspecified atom stereocenters. The first-order chi connectivity index (χ1) is 14.4. The fraction of sp³-hybridized carbons (Fsp3) is 0.364. The smallest absolute Gasteiger partial charge is 0.242 e. The van der Waals surface area contributed by atoms with Gasteiger partial charge >= 0.3 is 0 Å². The predicted molar refractivity (Wildman–Crippen MR) is 127 cm³/mol. The molecule has 0 fully saturated rings. The van der Waals surface area contributed by atoms with Crippen LogP contribution in [-0.4, -0.2) is 35.1 Å². The van der Waals surface area contributed by atoms with Gasteiger partial charge in [-0.2, -0.15) is 0 Å². The van der Waals surface area contributed by atoms with Crippen LogP contribution in [0.2, 0.25) is 15.1 Å². The topological polar surface area (TPSA) is 49.4 Å². The average molecular weight is 488 g/mol. The van der Waals surface area contributed by atoms with Crippen molar-refractivity contribution in [2.24, 2.45) is 0 Å². The molecule has 0 aliphatic rings. The van der Waals surface area contributed by atoms with Crippen LogP contribution in [0.3, 0.4) is 0 Å². The summed E-state index contributed by atoms with van der Waals surface area (Å²) in [7, 11) is 0. The number of benzene rings is 2. The minimum Gasteiger partial charge on any atom is -0.355 e. The van der Waals surface area contributed by atoms with E-state index in [0.717, 1.165) is 11.1 Å². The van der Waals surface area contributed by atoms with Crippen molar-refractivity contribution in [2.75, 3.05) is 12.3 Å². The van der Waals surface area contributed by atoms with Crippen molar-refractivity contribution in [1.82, 2.24) is 10.2 Å². The molecule has 0 aromatic heterocycles. The van der Waals surface area contributed by atoms with Crippen LogP contribution in [0.5, 0.6) is 0 Å². The summed E-state index contributed by atoms with van der Waals surface area (Å²) in [6.45, 7) is 4.54. The van der Waals surface area contributed by atoms with Crippen LogP contribution < -0.4 is 5.32 Å². The molecule has 8 heteroatoms. The molecule has 2 aromatic rings. The molecular weight excluding hydrogens is 463 g/mol. The average Bonchev–Trinajstić information content (AvgIpc) is 2.71. The summed E-state index contributed by atoms with van der Waals surface area (Å²) in [5.41, 5.74) is 1.72. The van der Waals surface area contributed by atoms with E-state index in [1.165, 1.54) is 11.8 Å². The Hall–Kier alpha value is -1.40. The number of carbonyl (C=O) groups is 2. The number of likely N-dealkylation sites (N-methyl/N-ethyl adjacent to an activating group) is 1. The quantitative estimate of drug-likeness (QED) is 0.459. The van der Waals surface area contributed by atoms with Gasteiger partial charge in [-0.15, -0.1) is 11.8 Å². The Morgan fingerprint density at radius 1 is 1.03 bits per heavy atom. The number of rotatable bonds is 10. The SMILES string of the molecule is CCNC(=O)C(CC)N(Cc1ccccc1Cl)C(=O)CSCc1ccc(Cl)cc1Cl. The molecule has 0 heterocycles. The lowest BCUT2D eigenvalue weighted by Gasteiger charge is -2.30. The molecule has 0 saturated heterocycles. The molecule has 0 spiro atoms. The van der Waals surface area contributed by atoms with Gasteiger partial charge in [-0.05, 0) is 42.7 Å². The lowest BCUT2D eigenvalue weighted by Crippen LogP contribution is -2.49. The highest BCUT2D eigenvalue weighted by atomic mass is 35.5. The van der Waals surface area contributed by atoms with E-state index in [9.17, 15) is 9.59 Å².